The largest absolute Gasteiger partial charge is 0.344 e. The Hall–Kier alpha value is -5.16. The summed E-state index contributed by atoms with van der Waals surface area (Å²) in [7, 11) is 0. The minimum absolute atomic E-state index is 0.0777. The third-order valence-corrected chi connectivity index (χ3v) is 11.2. The number of allylic oxidation sites excluding steroid dienone is 6. The van der Waals surface area contributed by atoms with Crippen LogP contribution in [0.25, 0.3) is 10.4 Å². The predicted molar refractivity (Wildman–Crippen MR) is 204 cm³/mol. The van der Waals surface area contributed by atoms with Crippen molar-refractivity contribution in [2.45, 2.75) is 84.0 Å². The molecule has 3 aromatic rings. The monoisotopic (exact) mass is 721 g/mol. The van der Waals surface area contributed by atoms with Crippen LogP contribution in [0.3, 0.4) is 0 Å². The van der Waals surface area contributed by atoms with Gasteiger partial charge in [0, 0.05) is 83.7 Å². The van der Waals surface area contributed by atoms with Gasteiger partial charge in [0.25, 0.3) is 17.5 Å². The van der Waals surface area contributed by atoms with Gasteiger partial charge in [-0.2, -0.15) is 4.58 Å². The first kappa shape index (κ1) is 36.6. The molecule has 0 unspecified atom stereocenters. The van der Waals surface area contributed by atoms with Gasteiger partial charge in [-0.05, 0) is 80.5 Å². The van der Waals surface area contributed by atoms with Gasteiger partial charge >= 0.3 is 5.97 Å². The van der Waals surface area contributed by atoms with Crippen LogP contribution in [0.5, 0.6) is 0 Å². The number of nitro groups is 1. The second kappa shape index (κ2) is 14.8. The van der Waals surface area contributed by atoms with E-state index in [9.17, 15) is 24.5 Å². The molecule has 1 fully saturated rings. The zero-order chi connectivity index (χ0) is 37.2. The van der Waals surface area contributed by atoms with Crippen molar-refractivity contribution >= 4 is 51.9 Å². The van der Waals surface area contributed by atoms with Gasteiger partial charge in [-0.15, -0.1) is 16.4 Å². The molecular weight excluding hydrogens is 677 g/mol. The first-order chi connectivity index (χ1) is 24.8. The summed E-state index contributed by atoms with van der Waals surface area (Å²) in [6, 6.07) is 16.0. The lowest BCUT2D eigenvalue weighted by Gasteiger charge is -2.25. The van der Waals surface area contributed by atoms with Gasteiger partial charge in [0.15, 0.2) is 5.71 Å². The van der Waals surface area contributed by atoms with Crippen LogP contribution in [-0.2, 0) is 30.1 Å². The van der Waals surface area contributed by atoms with Crippen LogP contribution < -0.4 is 4.90 Å². The van der Waals surface area contributed by atoms with Gasteiger partial charge in [0.1, 0.15) is 6.54 Å². The van der Waals surface area contributed by atoms with E-state index < -0.39 is 23.2 Å². The Balaban J connectivity index is 1.20. The number of unbranched alkanes of at least 4 members (excludes halogenated alkanes) is 2. The molecule has 0 saturated carbocycles. The number of nitrogens with zero attached hydrogens (tertiary/aromatic N) is 4. The molecule has 0 N–H and O–H groups in total. The van der Waals surface area contributed by atoms with Crippen LogP contribution in [0, 0.1) is 10.1 Å². The summed E-state index contributed by atoms with van der Waals surface area (Å²) in [5, 5.41) is 14.2. The highest BCUT2D eigenvalue weighted by Gasteiger charge is 2.44. The Bertz CT molecular complexity index is 2020. The molecule has 52 heavy (non-hydrogen) atoms. The van der Waals surface area contributed by atoms with E-state index in [1.165, 1.54) is 27.4 Å². The number of anilines is 1. The molecule has 1 aromatic heterocycles. The Kier molecular flexibility index (Phi) is 10.4. The molecule has 2 amide bonds. The van der Waals surface area contributed by atoms with Crippen LogP contribution in [0.2, 0.25) is 0 Å². The topological polar surface area (TPSA) is 113 Å². The van der Waals surface area contributed by atoms with Crippen LogP contribution in [0.1, 0.15) is 84.3 Å². The first-order valence-corrected chi connectivity index (χ1v) is 18.7. The normalized spacial score (nSPS) is 18.4. The molecule has 3 aliphatic rings. The van der Waals surface area contributed by atoms with Crippen molar-refractivity contribution in [3.8, 4) is 10.4 Å². The number of hydrogen-bond donors (Lipinski definition) is 0. The minimum Gasteiger partial charge on any atom is -0.344 e. The number of non-ortho nitro benzene ring substituents is 1. The highest BCUT2D eigenvalue weighted by atomic mass is 32.1. The SMILES string of the molecule is CCN1/C(=C/C=C/C=C/C2=[N+](CCCCCC(=O)ON3C(=O)CCC3=O)c3ccc(-c4cccs4)cc3C2(C)C)C(C)(C)c2cc([N+](=O)[O-])ccc21. The van der Waals surface area contributed by atoms with Crippen molar-refractivity contribution in [1.82, 2.24) is 5.06 Å². The number of carbonyl (C=O) groups is 3. The number of imide groups is 1. The van der Waals surface area contributed by atoms with Gasteiger partial charge in [-0.1, -0.05) is 38.1 Å². The van der Waals surface area contributed by atoms with E-state index in [0.29, 0.717) is 11.5 Å². The number of nitro benzene ring substituents is 1. The fourth-order valence-electron chi connectivity index (χ4n) is 7.51. The molecule has 0 atom stereocenters. The van der Waals surface area contributed by atoms with Gasteiger partial charge in [-0.3, -0.25) is 19.7 Å². The first-order valence-electron chi connectivity index (χ1n) is 17.9. The fourth-order valence-corrected chi connectivity index (χ4v) is 8.23. The second-order valence-electron chi connectivity index (χ2n) is 14.4. The molecular formula is C41H45N4O6S+. The maximum Gasteiger partial charge on any atom is 0.333 e. The summed E-state index contributed by atoms with van der Waals surface area (Å²) < 4.78 is 2.37. The molecule has 0 aliphatic carbocycles. The Morgan fingerprint density at radius 1 is 0.962 bits per heavy atom. The Morgan fingerprint density at radius 3 is 2.42 bits per heavy atom. The minimum atomic E-state index is -0.567. The molecule has 10 nitrogen and oxygen atoms in total. The third kappa shape index (κ3) is 7.01. The number of rotatable bonds is 13. The molecule has 1 saturated heterocycles. The number of hydroxylamine groups is 2. The lowest BCUT2D eigenvalue weighted by atomic mass is 9.80. The highest BCUT2D eigenvalue weighted by molar-refractivity contribution is 7.13. The van der Waals surface area contributed by atoms with E-state index >= 15 is 0 Å². The quantitative estimate of drug-likeness (QED) is 0.0434. The molecule has 6 rings (SSSR count). The average molecular weight is 722 g/mol. The second-order valence-corrected chi connectivity index (χ2v) is 15.3. The van der Waals surface area contributed by atoms with Crippen LogP contribution >= 0.6 is 11.3 Å². The van der Waals surface area contributed by atoms with Crippen LogP contribution in [0.4, 0.5) is 17.1 Å². The molecule has 2 aromatic carbocycles. The smallest absolute Gasteiger partial charge is 0.333 e. The van der Waals surface area contributed by atoms with Crippen molar-refractivity contribution in [1.29, 1.82) is 0 Å². The molecule has 4 heterocycles. The third-order valence-electron chi connectivity index (χ3n) is 10.3. The van der Waals surface area contributed by atoms with Crippen LogP contribution in [0.15, 0.2) is 90.0 Å². The molecule has 3 aliphatic heterocycles. The van der Waals surface area contributed by atoms with E-state index in [4.69, 9.17) is 4.84 Å². The summed E-state index contributed by atoms with van der Waals surface area (Å²) in [5.74, 6) is -1.51. The summed E-state index contributed by atoms with van der Waals surface area (Å²) in [4.78, 5) is 55.6. The summed E-state index contributed by atoms with van der Waals surface area (Å²) >= 11 is 1.72. The lowest BCUT2D eigenvalue weighted by molar-refractivity contribution is -0.438. The number of amides is 2. The summed E-state index contributed by atoms with van der Waals surface area (Å²) in [6.07, 6.45) is 12.9. The van der Waals surface area contributed by atoms with E-state index in [1.807, 2.05) is 18.2 Å². The number of benzene rings is 2. The van der Waals surface area contributed by atoms with Gasteiger partial charge in [-0.25, -0.2) is 4.79 Å². The molecule has 11 heteroatoms. The van der Waals surface area contributed by atoms with E-state index in [-0.39, 0.29) is 35.3 Å². The Morgan fingerprint density at radius 2 is 1.73 bits per heavy atom. The maximum absolute atomic E-state index is 12.3. The van der Waals surface area contributed by atoms with Crippen molar-refractivity contribution in [2.24, 2.45) is 0 Å². The van der Waals surface area contributed by atoms with Crippen molar-refractivity contribution in [3.63, 3.8) is 0 Å². The van der Waals surface area contributed by atoms with Gasteiger partial charge < -0.3 is 9.74 Å². The molecule has 0 spiro atoms. The molecule has 0 bridgehead atoms. The van der Waals surface area contributed by atoms with Gasteiger partial charge in [0.2, 0.25) is 5.69 Å². The Labute approximate surface area is 308 Å². The summed E-state index contributed by atoms with van der Waals surface area (Å²) in [6.45, 7) is 12.3. The lowest BCUT2D eigenvalue weighted by Crippen LogP contribution is -2.31. The standard InChI is InChI=1S/C41H45N4O6S/c1-6-42-32-21-19-29(45(49)50)27-31(32)41(4,5)35(42)15-9-7-10-16-36-40(2,3)30-26-28(34-14-13-25-52-34)18-20-33(30)43(36)24-12-8-11-17-39(48)51-44-37(46)22-23-38(44)47/h7,9-10,13-16,18-21,25-27H,6,8,11-12,17,22-24H2,1-5H3/q+1. The number of carbonyl (C=O) groups excluding carboxylic acids is 3. The number of likely N-dealkylation sites (N-methyl/N-ethyl adjacent to an activating group) is 1. The number of fused-ring (bicyclic) bond motifs is 2. The maximum atomic E-state index is 12.3. The van der Waals surface area contributed by atoms with Gasteiger partial charge in [0.05, 0.1) is 10.3 Å². The molecule has 0 radical (unpaired) electrons. The zero-order valence-electron chi connectivity index (χ0n) is 30.4. The van der Waals surface area contributed by atoms with E-state index in [2.05, 4.69) is 98.0 Å². The van der Waals surface area contributed by atoms with Crippen molar-refractivity contribution in [3.05, 3.63) is 111 Å². The zero-order valence-corrected chi connectivity index (χ0v) is 31.2. The van der Waals surface area contributed by atoms with Crippen molar-refractivity contribution in [2.75, 3.05) is 18.0 Å². The highest BCUT2D eigenvalue weighted by Crippen LogP contribution is 2.49. The van der Waals surface area contributed by atoms with E-state index in [1.54, 1.807) is 23.5 Å². The van der Waals surface area contributed by atoms with Crippen molar-refractivity contribution < 1.29 is 28.7 Å². The average Bonchev–Trinajstić information content (AvgIpc) is 3.86. The van der Waals surface area contributed by atoms with E-state index in [0.717, 1.165) is 42.9 Å². The predicted octanol–water partition coefficient (Wildman–Crippen LogP) is 8.68. The number of hydrogen-bond acceptors (Lipinski definition) is 8. The number of thiophene rings is 1. The summed E-state index contributed by atoms with van der Waals surface area (Å²) in [5.41, 5.74) is 7.25. The fraction of sp³-hybridized carbons (Fsp3) is 0.366. The molecule has 270 valence electrons. The van der Waals surface area contributed by atoms with Crippen LogP contribution in [-0.4, -0.2) is 51.1 Å².